The highest BCUT2D eigenvalue weighted by Crippen LogP contribution is 2.23. The number of benzene rings is 2. The van der Waals surface area contributed by atoms with Crippen LogP contribution in [0.4, 0.5) is 5.69 Å². The van der Waals surface area contributed by atoms with Crippen LogP contribution in [0, 0.1) is 10.1 Å². The molecule has 0 bridgehead atoms. The lowest BCUT2D eigenvalue weighted by molar-refractivity contribution is -0.384. The predicted octanol–water partition coefficient (Wildman–Crippen LogP) is 3.64. The van der Waals surface area contributed by atoms with Crippen LogP contribution in [-0.2, 0) is 6.54 Å². The molecule has 0 N–H and O–H groups in total. The first-order valence-corrected chi connectivity index (χ1v) is 7.87. The molecule has 0 unspecified atom stereocenters. The van der Waals surface area contributed by atoms with E-state index in [1.54, 1.807) is 12.1 Å². The number of rotatable bonds is 6. The van der Waals surface area contributed by atoms with E-state index in [1.807, 2.05) is 6.07 Å². The molecule has 1 fully saturated rings. The van der Waals surface area contributed by atoms with Gasteiger partial charge in [-0.2, -0.15) is 0 Å². The zero-order valence-electron chi connectivity index (χ0n) is 12.9. The molecule has 0 amide bonds. The molecule has 2 aromatic carbocycles. The Morgan fingerprint density at radius 3 is 2.78 bits per heavy atom. The molecule has 2 aromatic rings. The summed E-state index contributed by atoms with van der Waals surface area (Å²) in [6.07, 6.45) is 2.26. The summed E-state index contributed by atoms with van der Waals surface area (Å²) in [6.45, 7) is 2.55. The van der Waals surface area contributed by atoms with Crippen LogP contribution in [0.5, 0.6) is 5.75 Å². The van der Waals surface area contributed by atoms with E-state index in [0.717, 1.165) is 25.9 Å². The van der Waals surface area contributed by atoms with Crippen molar-refractivity contribution in [2.75, 3.05) is 13.2 Å². The van der Waals surface area contributed by atoms with Gasteiger partial charge in [-0.1, -0.05) is 36.4 Å². The van der Waals surface area contributed by atoms with Gasteiger partial charge in [0, 0.05) is 18.7 Å². The highest BCUT2D eigenvalue weighted by molar-refractivity contribution is 5.37. The number of ether oxygens (including phenoxy) is 1. The minimum Gasteiger partial charge on any atom is -0.492 e. The molecule has 120 valence electrons. The number of likely N-dealkylation sites (tertiary alicyclic amines) is 1. The zero-order chi connectivity index (χ0) is 16.1. The fourth-order valence-corrected chi connectivity index (χ4v) is 2.99. The molecule has 1 saturated heterocycles. The first-order chi connectivity index (χ1) is 11.2. The van der Waals surface area contributed by atoms with E-state index in [9.17, 15) is 10.1 Å². The van der Waals surface area contributed by atoms with Gasteiger partial charge in [-0.05, 0) is 31.0 Å². The largest absolute Gasteiger partial charge is 0.492 e. The molecule has 0 aromatic heterocycles. The second-order valence-electron chi connectivity index (χ2n) is 5.82. The Morgan fingerprint density at radius 1 is 1.17 bits per heavy atom. The van der Waals surface area contributed by atoms with Gasteiger partial charge in [0.1, 0.15) is 12.4 Å². The Labute approximate surface area is 135 Å². The number of nitro benzene ring substituents is 1. The summed E-state index contributed by atoms with van der Waals surface area (Å²) in [6, 6.07) is 17.1. The topological polar surface area (TPSA) is 55.6 Å². The molecular weight excluding hydrogens is 292 g/mol. The number of nitrogens with zero attached hydrogens (tertiary/aromatic N) is 2. The lowest BCUT2D eigenvalue weighted by Gasteiger charge is -2.24. The predicted molar refractivity (Wildman–Crippen MR) is 88.5 cm³/mol. The third-order valence-corrected chi connectivity index (χ3v) is 4.20. The lowest BCUT2D eigenvalue weighted by Crippen LogP contribution is -2.33. The van der Waals surface area contributed by atoms with Crippen molar-refractivity contribution in [3.63, 3.8) is 0 Å². The SMILES string of the molecule is O=[N+]([O-])c1cccc(OC[C@H]2CCCN2Cc2ccccc2)c1. The molecule has 1 atom stereocenters. The molecular formula is C18H20N2O3. The average Bonchev–Trinajstić information content (AvgIpc) is 3.01. The number of hydrogen-bond acceptors (Lipinski definition) is 4. The van der Waals surface area contributed by atoms with Crippen molar-refractivity contribution in [2.24, 2.45) is 0 Å². The second-order valence-corrected chi connectivity index (χ2v) is 5.82. The fourth-order valence-electron chi connectivity index (χ4n) is 2.99. The quantitative estimate of drug-likeness (QED) is 0.603. The van der Waals surface area contributed by atoms with Crippen molar-refractivity contribution in [2.45, 2.75) is 25.4 Å². The minimum atomic E-state index is -0.399. The molecule has 0 aliphatic carbocycles. The van der Waals surface area contributed by atoms with Crippen molar-refractivity contribution in [1.82, 2.24) is 4.90 Å². The van der Waals surface area contributed by atoms with Crippen LogP contribution in [0.25, 0.3) is 0 Å². The highest BCUT2D eigenvalue weighted by Gasteiger charge is 2.25. The molecule has 0 radical (unpaired) electrons. The van der Waals surface area contributed by atoms with Gasteiger partial charge in [0.05, 0.1) is 11.0 Å². The van der Waals surface area contributed by atoms with Gasteiger partial charge < -0.3 is 4.74 Å². The molecule has 0 saturated carbocycles. The number of non-ortho nitro benzene ring substituents is 1. The van der Waals surface area contributed by atoms with E-state index in [4.69, 9.17) is 4.74 Å². The number of nitro groups is 1. The first-order valence-electron chi connectivity index (χ1n) is 7.87. The van der Waals surface area contributed by atoms with Gasteiger partial charge in [-0.3, -0.25) is 15.0 Å². The van der Waals surface area contributed by atoms with Gasteiger partial charge in [0.15, 0.2) is 0 Å². The highest BCUT2D eigenvalue weighted by atomic mass is 16.6. The van der Waals surface area contributed by atoms with Crippen LogP contribution in [0.1, 0.15) is 18.4 Å². The third kappa shape index (κ3) is 4.07. The van der Waals surface area contributed by atoms with E-state index in [1.165, 1.54) is 17.7 Å². The van der Waals surface area contributed by atoms with E-state index in [0.29, 0.717) is 18.4 Å². The van der Waals surface area contributed by atoms with Gasteiger partial charge in [0.25, 0.3) is 5.69 Å². The van der Waals surface area contributed by atoms with Crippen LogP contribution >= 0.6 is 0 Å². The van der Waals surface area contributed by atoms with Gasteiger partial charge in [0.2, 0.25) is 0 Å². The van der Waals surface area contributed by atoms with E-state index >= 15 is 0 Å². The van der Waals surface area contributed by atoms with Crippen molar-refractivity contribution in [1.29, 1.82) is 0 Å². The summed E-state index contributed by atoms with van der Waals surface area (Å²) in [5.74, 6) is 0.561. The van der Waals surface area contributed by atoms with E-state index in [2.05, 4.69) is 29.2 Å². The van der Waals surface area contributed by atoms with Crippen LogP contribution in [0.2, 0.25) is 0 Å². The average molecular weight is 312 g/mol. The number of hydrogen-bond donors (Lipinski definition) is 0. The summed E-state index contributed by atoms with van der Waals surface area (Å²) in [4.78, 5) is 12.8. The first kappa shape index (κ1) is 15.5. The smallest absolute Gasteiger partial charge is 0.273 e. The molecule has 5 nitrogen and oxygen atoms in total. The normalized spacial score (nSPS) is 18.0. The lowest BCUT2D eigenvalue weighted by atomic mass is 10.2. The van der Waals surface area contributed by atoms with Gasteiger partial charge in [-0.25, -0.2) is 0 Å². The molecule has 23 heavy (non-hydrogen) atoms. The molecule has 3 rings (SSSR count). The fraction of sp³-hybridized carbons (Fsp3) is 0.333. The monoisotopic (exact) mass is 312 g/mol. The Morgan fingerprint density at radius 2 is 2.00 bits per heavy atom. The molecule has 0 spiro atoms. The van der Waals surface area contributed by atoms with Crippen LogP contribution in [-0.4, -0.2) is 29.0 Å². The Hall–Kier alpha value is -2.40. The Bertz CT molecular complexity index is 660. The summed E-state index contributed by atoms with van der Waals surface area (Å²) >= 11 is 0. The standard InChI is InChI=1S/C18H20N2O3/c21-20(22)16-8-4-10-18(12-16)23-14-17-9-5-11-19(17)13-15-6-2-1-3-7-15/h1-4,6-8,10,12,17H,5,9,11,13-14H2/t17-/m1/s1. The molecule has 1 aliphatic rings. The Balaban J connectivity index is 1.58. The second kappa shape index (κ2) is 7.24. The summed E-state index contributed by atoms with van der Waals surface area (Å²) in [7, 11) is 0. The van der Waals surface area contributed by atoms with E-state index < -0.39 is 4.92 Å². The van der Waals surface area contributed by atoms with Crippen LogP contribution in [0.3, 0.4) is 0 Å². The van der Waals surface area contributed by atoms with Crippen molar-refractivity contribution < 1.29 is 9.66 Å². The van der Waals surface area contributed by atoms with Crippen LogP contribution < -0.4 is 4.74 Å². The van der Waals surface area contributed by atoms with Gasteiger partial charge >= 0.3 is 0 Å². The van der Waals surface area contributed by atoms with E-state index in [-0.39, 0.29) is 5.69 Å². The molecule has 1 heterocycles. The summed E-state index contributed by atoms with van der Waals surface area (Å²) < 4.78 is 5.80. The van der Waals surface area contributed by atoms with Gasteiger partial charge in [-0.15, -0.1) is 0 Å². The zero-order valence-corrected chi connectivity index (χ0v) is 12.9. The molecule has 5 heteroatoms. The third-order valence-electron chi connectivity index (χ3n) is 4.20. The van der Waals surface area contributed by atoms with Crippen molar-refractivity contribution in [3.05, 3.63) is 70.3 Å². The molecule has 1 aliphatic heterocycles. The van der Waals surface area contributed by atoms with Crippen LogP contribution in [0.15, 0.2) is 54.6 Å². The van der Waals surface area contributed by atoms with Crippen molar-refractivity contribution >= 4 is 5.69 Å². The summed E-state index contributed by atoms with van der Waals surface area (Å²) in [5.41, 5.74) is 1.37. The summed E-state index contributed by atoms with van der Waals surface area (Å²) in [5, 5.41) is 10.8. The Kier molecular flexibility index (Phi) is 4.88. The maximum Gasteiger partial charge on any atom is 0.273 e. The minimum absolute atomic E-state index is 0.0649. The van der Waals surface area contributed by atoms with Crippen molar-refractivity contribution in [3.8, 4) is 5.75 Å². The maximum absolute atomic E-state index is 10.8. The maximum atomic E-state index is 10.8.